The molecule has 0 unspecified atom stereocenters. The largest absolute Gasteiger partial charge is 0.462 e. The Morgan fingerprint density at radius 2 is 1.63 bits per heavy atom. The lowest BCUT2D eigenvalue weighted by Gasteiger charge is -2.03. The van der Waals surface area contributed by atoms with Gasteiger partial charge >= 0.3 is 11.9 Å². The number of thiazole rings is 1. The number of nitrogen functional groups attached to an aromatic ring is 1. The quantitative estimate of drug-likeness (QED) is 0.378. The monoisotopic (exact) mass is 444 g/mol. The Morgan fingerprint density at radius 1 is 1.00 bits per heavy atom. The molecule has 0 spiro atoms. The molecule has 2 heterocycles. The summed E-state index contributed by atoms with van der Waals surface area (Å²) in [5, 5.41) is 9.65. The number of azo groups is 1. The number of anilines is 1. The number of carbonyl (C=O) groups excluding carboxylic acids is 2. The Hall–Kier alpha value is -3.11. The molecule has 30 heavy (non-hydrogen) atoms. The van der Waals surface area contributed by atoms with E-state index in [0.717, 1.165) is 16.9 Å². The van der Waals surface area contributed by atoms with Gasteiger partial charge < -0.3 is 15.2 Å². The summed E-state index contributed by atoms with van der Waals surface area (Å²) in [7, 11) is 0. The Balaban J connectivity index is 2.04. The maximum atomic E-state index is 12.5. The fraction of sp³-hybridized carbons (Fsp3) is 0.250. The van der Waals surface area contributed by atoms with Crippen molar-refractivity contribution >= 4 is 49.7 Å². The predicted molar refractivity (Wildman–Crippen MR) is 117 cm³/mol. The van der Waals surface area contributed by atoms with Crippen LogP contribution in [-0.4, -0.2) is 30.1 Å². The van der Waals surface area contributed by atoms with E-state index in [2.05, 4.69) is 15.2 Å². The Morgan fingerprint density at radius 3 is 2.30 bits per heavy atom. The first-order chi connectivity index (χ1) is 14.5. The average Bonchev–Trinajstić information content (AvgIpc) is 3.27. The second-order valence-electron chi connectivity index (χ2n) is 5.95. The number of carbonyl (C=O) groups is 2. The molecule has 3 aromatic rings. The summed E-state index contributed by atoms with van der Waals surface area (Å²) in [4.78, 5) is 29.4. The summed E-state index contributed by atoms with van der Waals surface area (Å²) < 4.78 is 10.2. The zero-order valence-electron chi connectivity index (χ0n) is 16.7. The molecule has 0 radical (unpaired) electrons. The van der Waals surface area contributed by atoms with Crippen molar-refractivity contribution in [3.05, 3.63) is 46.3 Å². The molecule has 0 aliphatic rings. The molecular weight excluding hydrogens is 424 g/mol. The molecule has 2 N–H and O–H groups in total. The van der Waals surface area contributed by atoms with Crippen LogP contribution in [-0.2, 0) is 9.47 Å². The van der Waals surface area contributed by atoms with Gasteiger partial charge in [-0.3, -0.25) is 0 Å². The highest BCUT2D eigenvalue weighted by Gasteiger charge is 2.26. The van der Waals surface area contributed by atoms with Gasteiger partial charge in [0.2, 0.25) is 0 Å². The summed E-state index contributed by atoms with van der Waals surface area (Å²) in [6.45, 7) is 5.51. The van der Waals surface area contributed by atoms with Crippen LogP contribution in [0.1, 0.15) is 39.4 Å². The van der Waals surface area contributed by atoms with E-state index in [1.807, 2.05) is 30.3 Å². The van der Waals surface area contributed by atoms with E-state index in [9.17, 15) is 9.59 Å². The number of thiophene rings is 1. The summed E-state index contributed by atoms with van der Waals surface area (Å²) in [5.41, 5.74) is 7.98. The van der Waals surface area contributed by atoms with Crippen LogP contribution in [0.2, 0.25) is 0 Å². The number of nitrogens with zero attached hydrogens (tertiary/aromatic N) is 3. The van der Waals surface area contributed by atoms with E-state index in [4.69, 9.17) is 15.2 Å². The van der Waals surface area contributed by atoms with Crippen molar-refractivity contribution in [3.63, 3.8) is 0 Å². The molecule has 0 amide bonds. The van der Waals surface area contributed by atoms with E-state index in [-0.39, 0.29) is 23.8 Å². The molecule has 0 saturated carbocycles. The van der Waals surface area contributed by atoms with Gasteiger partial charge in [-0.15, -0.1) is 21.6 Å². The third kappa shape index (κ3) is 4.55. The highest BCUT2D eigenvalue weighted by molar-refractivity contribution is 7.19. The lowest BCUT2D eigenvalue weighted by molar-refractivity contribution is 0.0527. The number of rotatable bonds is 7. The maximum Gasteiger partial charge on any atom is 0.348 e. The van der Waals surface area contributed by atoms with Crippen molar-refractivity contribution < 1.29 is 19.1 Å². The molecule has 2 aromatic heterocycles. The van der Waals surface area contributed by atoms with Crippen LogP contribution in [0.25, 0.3) is 11.3 Å². The second kappa shape index (κ2) is 9.59. The third-order valence-electron chi connectivity index (χ3n) is 3.97. The van der Waals surface area contributed by atoms with E-state index in [1.54, 1.807) is 20.8 Å². The summed E-state index contributed by atoms with van der Waals surface area (Å²) in [6, 6.07) is 9.46. The van der Waals surface area contributed by atoms with Crippen LogP contribution < -0.4 is 5.73 Å². The van der Waals surface area contributed by atoms with Gasteiger partial charge in [0.15, 0.2) is 15.1 Å². The molecule has 0 aliphatic heterocycles. The van der Waals surface area contributed by atoms with Gasteiger partial charge in [-0.2, -0.15) is 0 Å². The summed E-state index contributed by atoms with van der Waals surface area (Å²) in [6.07, 6.45) is 0. The first-order valence-corrected chi connectivity index (χ1v) is 10.8. The normalized spacial score (nSPS) is 11.0. The minimum atomic E-state index is -0.567. The molecule has 0 fully saturated rings. The summed E-state index contributed by atoms with van der Waals surface area (Å²) >= 11 is 2.21. The van der Waals surface area contributed by atoms with Crippen molar-refractivity contribution in [3.8, 4) is 11.3 Å². The Kier molecular flexibility index (Phi) is 6.91. The standard InChI is InChI=1S/C20H20N4O4S2/c1-4-27-18(25)13-11(3)15(19(26)28-5-2)29-16(13)23-24-17-14(22-20(21)30-17)12-9-7-6-8-10-12/h6-10H,4-5H2,1-3H3,(H2,21,22). The SMILES string of the molecule is CCOC(=O)c1sc(N=Nc2sc(N)nc2-c2ccccc2)c(C(=O)OCC)c1C. The zero-order chi connectivity index (χ0) is 21.7. The van der Waals surface area contributed by atoms with Crippen LogP contribution in [0.3, 0.4) is 0 Å². The van der Waals surface area contributed by atoms with E-state index < -0.39 is 11.9 Å². The zero-order valence-corrected chi connectivity index (χ0v) is 18.3. The van der Waals surface area contributed by atoms with Crippen molar-refractivity contribution in [1.82, 2.24) is 4.98 Å². The van der Waals surface area contributed by atoms with Crippen molar-refractivity contribution in [2.24, 2.45) is 10.2 Å². The van der Waals surface area contributed by atoms with Crippen molar-refractivity contribution in [1.29, 1.82) is 0 Å². The average molecular weight is 445 g/mol. The van der Waals surface area contributed by atoms with Gasteiger partial charge in [-0.1, -0.05) is 41.7 Å². The second-order valence-corrected chi connectivity index (χ2v) is 7.96. The molecule has 1 aromatic carbocycles. The minimum absolute atomic E-state index is 0.197. The van der Waals surface area contributed by atoms with Gasteiger partial charge in [-0.05, 0) is 26.3 Å². The number of hydrogen-bond donors (Lipinski definition) is 1. The van der Waals surface area contributed by atoms with Crippen LogP contribution in [0.5, 0.6) is 0 Å². The Bertz CT molecular complexity index is 1090. The van der Waals surface area contributed by atoms with E-state index in [0.29, 0.717) is 26.3 Å². The van der Waals surface area contributed by atoms with Gasteiger partial charge in [0.25, 0.3) is 0 Å². The maximum absolute atomic E-state index is 12.5. The molecular formula is C20H20N4O4S2. The lowest BCUT2D eigenvalue weighted by Crippen LogP contribution is -2.08. The molecule has 156 valence electrons. The fourth-order valence-electron chi connectivity index (χ4n) is 2.67. The van der Waals surface area contributed by atoms with Gasteiger partial charge in [-0.25, -0.2) is 14.6 Å². The predicted octanol–water partition coefficient (Wildman–Crippen LogP) is 5.53. The van der Waals surface area contributed by atoms with E-state index in [1.165, 1.54) is 11.3 Å². The smallest absolute Gasteiger partial charge is 0.348 e. The molecule has 3 rings (SSSR count). The highest BCUT2D eigenvalue weighted by Crippen LogP contribution is 2.41. The van der Waals surface area contributed by atoms with Crippen LogP contribution >= 0.6 is 22.7 Å². The molecule has 0 bridgehead atoms. The summed E-state index contributed by atoms with van der Waals surface area (Å²) in [5.74, 6) is -1.08. The molecule has 0 aliphatic carbocycles. The number of ether oxygens (including phenoxy) is 2. The van der Waals surface area contributed by atoms with Crippen molar-refractivity contribution in [2.75, 3.05) is 18.9 Å². The molecule has 0 atom stereocenters. The third-order valence-corrected chi connectivity index (χ3v) is 5.90. The Labute approximate surface area is 181 Å². The number of nitrogens with two attached hydrogens (primary N) is 1. The van der Waals surface area contributed by atoms with Crippen LogP contribution in [0, 0.1) is 6.92 Å². The number of hydrogen-bond acceptors (Lipinski definition) is 10. The number of benzene rings is 1. The molecule has 8 nitrogen and oxygen atoms in total. The highest BCUT2D eigenvalue weighted by atomic mass is 32.1. The number of aromatic nitrogens is 1. The molecule has 10 heteroatoms. The van der Waals surface area contributed by atoms with E-state index >= 15 is 0 Å². The lowest BCUT2D eigenvalue weighted by atomic mass is 10.1. The van der Waals surface area contributed by atoms with Crippen LogP contribution in [0.15, 0.2) is 40.6 Å². The fourth-order valence-corrected chi connectivity index (χ4v) is 4.36. The topological polar surface area (TPSA) is 116 Å². The van der Waals surface area contributed by atoms with Crippen LogP contribution in [0.4, 0.5) is 15.1 Å². The van der Waals surface area contributed by atoms with Gasteiger partial charge in [0.1, 0.15) is 16.1 Å². The minimum Gasteiger partial charge on any atom is -0.462 e. The van der Waals surface area contributed by atoms with Crippen molar-refractivity contribution in [2.45, 2.75) is 20.8 Å². The van der Waals surface area contributed by atoms with Gasteiger partial charge in [0.05, 0.1) is 13.2 Å². The first-order valence-electron chi connectivity index (χ1n) is 9.17. The molecule has 0 saturated heterocycles. The number of esters is 2. The van der Waals surface area contributed by atoms with Gasteiger partial charge in [0, 0.05) is 5.56 Å². The first kappa shape index (κ1) is 21.6.